The highest BCUT2D eigenvalue weighted by Crippen LogP contribution is 2.51. The van der Waals surface area contributed by atoms with Gasteiger partial charge in [0.05, 0.1) is 0 Å². The zero-order valence-electron chi connectivity index (χ0n) is 11.3. The number of benzene rings is 1. The molecular formula is C14H15FN4O. The molecule has 1 aromatic heterocycles. The molecule has 0 radical (unpaired) electrons. The van der Waals surface area contributed by atoms with Gasteiger partial charge in [0.15, 0.2) is 5.82 Å². The molecule has 1 heterocycles. The number of carbonyl (C=O) groups is 1. The smallest absolute Gasteiger partial charge is 0.228 e. The Hall–Kier alpha value is -2.24. The monoisotopic (exact) mass is 274 g/mol. The van der Waals surface area contributed by atoms with Crippen LogP contribution < -0.4 is 5.32 Å². The summed E-state index contributed by atoms with van der Waals surface area (Å²) in [5.41, 5.74) is 0.815. The standard InChI is InChI=1S/C14H15FN4O/c1-14(2)6-10(14)13(20)18-9-3-4-12(11(15)5-9)19-8-16-7-17-19/h3-5,7-8,10H,6H2,1-2H3,(H,18,20)/t10-/m1/s1. The Kier molecular flexibility index (Phi) is 2.81. The van der Waals surface area contributed by atoms with Crippen LogP contribution in [-0.2, 0) is 4.79 Å². The molecule has 0 bridgehead atoms. The summed E-state index contributed by atoms with van der Waals surface area (Å²) in [4.78, 5) is 15.7. The predicted octanol–water partition coefficient (Wildman–Crippen LogP) is 2.39. The van der Waals surface area contributed by atoms with Gasteiger partial charge in [-0.15, -0.1) is 0 Å². The third-order valence-electron chi connectivity index (χ3n) is 3.71. The Morgan fingerprint density at radius 2 is 2.25 bits per heavy atom. The number of amides is 1. The van der Waals surface area contributed by atoms with E-state index in [2.05, 4.69) is 15.4 Å². The molecule has 0 spiro atoms. The van der Waals surface area contributed by atoms with E-state index >= 15 is 0 Å². The fourth-order valence-electron chi connectivity index (χ4n) is 2.25. The number of hydrogen-bond acceptors (Lipinski definition) is 3. The summed E-state index contributed by atoms with van der Waals surface area (Å²) < 4.78 is 15.3. The van der Waals surface area contributed by atoms with Crippen molar-refractivity contribution in [1.29, 1.82) is 0 Å². The van der Waals surface area contributed by atoms with Gasteiger partial charge in [0.25, 0.3) is 0 Å². The average Bonchev–Trinajstić information content (AvgIpc) is 2.80. The molecule has 1 aliphatic rings. The predicted molar refractivity (Wildman–Crippen MR) is 71.8 cm³/mol. The van der Waals surface area contributed by atoms with Crippen LogP contribution in [0.2, 0.25) is 0 Å². The molecule has 104 valence electrons. The molecule has 0 aliphatic heterocycles. The first-order valence-corrected chi connectivity index (χ1v) is 6.43. The molecular weight excluding hydrogens is 259 g/mol. The first-order chi connectivity index (χ1) is 9.47. The normalized spacial score (nSPS) is 19.6. The zero-order chi connectivity index (χ0) is 14.3. The van der Waals surface area contributed by atoms with Gasteiger partial charge < -0.3 is 5.32 Å². The van der Waals surface area contributed by atoms with Gasteiger partial charge in [-0.2, -0.15) is 5.10 Å². The summed E-state index contributed by atoms with van der Waals surface area (Å²) in [6, 6.07) is 4.52. The maximum Gasteiger partial charge on any atom is 0.228 e. The fourth-order valence-corrected chi connectivity index (χ4v) is 2.25. The molecule has 2 aromatic rings. The highest BCUT2D eigenvalue weighted by atomic mass is 19.1. The molecule has 1 fully saturated rings. The fraction of sp³-hybridized carbons (Fsp3) is 0.357. The van der Waals surface area contributed by atoms with Crippen LogP contribution in [0.1, 0.15) is 20.3 Å². The van der Waals surface area contributed by atoms with Crippen molar-refractivity contribution in [2.24, 2.45) is 11.3 Å². The second-order valence-electron chi connectivity index (χ2n) is 5.74. The lowest BCUT2D eigenvalue weighted by Crippen LogP contribution is -2.16. The Bertz CT molecular complexity index is 651. The SMILES string of the molecule is CC1(C)C[C@@H]1C(=O)Nc1ccc(-n2cncn2)c(F)c1. The van der Waals surface area contributed by atoms with Crippen LogP contribution in [0.25, 0.3) is 5.69 Å². The minimum Gasteiger partial charge on any atom is -0.326 e. The van der Waals surface area contributed by atoms with Gasteiger partial charge in [-0.3, -0.25) is 4.79 Å². The molecule has 1 aromatic carbocycles. The lowest BCUT2D eigenvalue weighted by Gasteiger charge is -2.08. The number of nitrogens with one attached hydrogen (secondary N) is 1. The third kappa shape index (κ3) is 2.29. The van der Waals surface area contributed by atoms with E-state index in [1.54, 1.807) is 12.1 Å². The summed E-state index contributed by atoms with van der Waals surface area (Å²) in [6.45, 7) is 4.09. The van der Waals surface area contributed by atoms with E-state index in [4.69, 9.17) is 0 Å². The van der Waals surface area contributed by atoms with Crippen molar-refractivity contribution in [2.75, 3.05) is 5.32 Å². The summed E-state index contributed by atoms with van der Waals surface area (Å²) >= 11 is 0. The van der Waals surface area contributed by atoms with E-state index in [1.807, 2.05) is 13.8 Å². The van der Waals surface area contributed by atoms with Crippen LogP contribution in [0.3, 0.4) is 0 Å². The van der Waals surface area contributed by atoms with Gasteiger partial charge in [0.1, 0.15) is 18.3 Å². The van der Waals surface area contributed by atoms with Gasteiger partial charge in [-0.25, -0.2) is 14.1 Å². The van der Waals surface area contributed by atoms with Gasteiger partial charge in [0.2, 0.25) is 5.91 Å². The Balaban J connectivity index is 1.76. The minimum absolute atomic E-state index is 0.0144. The first-order valence-electron chi connectivity index (χ1n) is 6.43. The van der Waals surface area contributed by atoms with E-state index in [0.717, 1.165) is 6.42 Å². The van der Waals surface area contributed by atoms with Gasteiger partial charge in [0, 0.05) is 11.6 Å². The van der Waals surface area contributed by atoms with Crippen molar-refractivity contribution in [3.63, 3.8) is 0 Å². The van der Waals surface area contributed by atoms with Crippen molar-refractivity contribution >= 4 is 11.6 Å². The van der Waals surface area contributed by atoms with Gasteiger partial charge in [-0.05, 0) is 30.0 Å². The number of aromatic nitrogens is 3. The molecule has 1 amide bonds. The topological polar surface area (TPSA) is 59.8 Å². The van der Waals surface area contributed by atoms with Gasteiger partial charge in [-0.1, -0.05) is 13.8 Å². The maximum atomic E-state index is 14.0. The van der Waals surface area contributed by atoms with Crippen LogP contribution in [-0.4, -0.2) is 20.7 Å². The lowest BCUT2D eigenvalue weighted by molar-refractivity contribution is -0.118. The van der Waals surface area contributed by atoms with Crippen LogP contribution in [0, 0.1) is 17.2 Å². The minimum atomic E-state index is -0.455. The summed E-state index contributed by atoms with van der Waals surface area (Å²) in [5.74, 6) is -0.494. The summed E-state index contributed by atoms with van der Waals surface area (Å²) in [7, 11) is 0. The van der Waals surface area contributed by atoms with E-state index in [9.17, 15) is 9.18 Å². The number of rotatable bonds is 3. The molecule has 1 N–H and O–H groups in total. The molecule has 5 nitrogen and oxygen atoms in total. The quantitative estimate of drug-likeness (QED) is 0.934. The molecule has 1 atom stereocenters. The maximum absolute atomic E-state index is 14.0. The molecule has 1 aliphatic carbocycles. The average molecular weight is 274 g/mol. The largest absolute Gasteiger partial charge is 0.326 e. The zero-order valence-corrected chi connectivity index (χ0v) is 11.3. The van der Waals surface area contributed by atoms with Crippen molar-refractivity contribution in [3.05, 3.63) is 36.7 Å². The van der Waals surface area contributed by atoms with E-state index in [-0.39, 0.29) is 17.2 Å². The van der Waals surface area contributed by atoms with E-state index in [0.29, 0.717) is 11.4 Å². The summed E-state index contributed by atoms with van der Waals surface area (Å²) in [6.07, 6.45) is 3.63. The van der Waals surface area contributed by atoms with Crippen LogP contribution in [0.4, 0.5) is 10.1 Å². The van der Waals surface area contributed by atoms with E-state index in [1.165, 1.54) is 23.4 Å². The molecule has 0 saturated heterocycles. The summed E-state index contributed by atoms with van der Waals surface area (Å²) in [5, 5.41) is 6.62. The first kappa shape index (κ1) is 12.8. The second kappa shape index (κ2) is 4.40. The number of carbonyl (C=O) groups excluding carboxylic acids is 1. The van der Waals surface area contributed by atoms with Crippen LogP contribution >= 0.6 is 0 Å². The molecule has 3 rings (SSSR count). The molecule has 1 saturated carbocycles. The van der Waals surface area contributed by atoms with Crippen LogP contribution in [0.5, 0.6) is 0 Å². The molecule has 6 heteroatoms. The van der Waals surface area contributed by atoms with Crippen molar-refractivity contribution < 1.29 is 9.18 Å². The number of nitrogens with zero attached hydrogens (tertiary/aromatic N) is 3. The Morgan fingerprint density at radius 1 is 1.50 bits per heavy atom. The Labute approximate surface area is 115 Å². The highest BCUT2D eigenvalue weighted by Gasteiger charge is 2.50. The number of halogens is 1. The number of anilines is 1. The highest BCUT2D eigenvalue weighted by molar-refractivity contribution is 5.95. The lowest BCUT2D eigenvalue weighted by atomic mass is 10.1. The second-order valence-corrected chi connectivity index (χ2v) is 5.74. The van der Waals surface area contributed by atoms with Crippen LogP contribution in [0.15, 0.2) is 30.9 Å². The molecule has 0 unspecified atom stereocenters. The number of hydrogen-bond donors (Lipinski definition) is 1. The third-order valence-corrected chi connectivity index (χ3v) is 3.71. The van der Waals surface area contributed by atoms with E-state index < -0.39 is 5.82 Å². The van der Waals surface area contributed by atoms with Crippen molar-refractivity contribution in [1.82, 2.24) is 14.8 Å². The van der Waals surface area contributed by atoms with Gasteiger partial charge >= 0.3 is 0 Å². The Morgan fingerprint density at radius 3 is 2.80 bits per heavy atom. The van der Waals surface area contributed by atoms with Crippen molar-refractivity contribution in [3.8, 4) is 5.69 Å². The van der Waals surface area contributed by atoms with Crippen molar-refractivity contribution in [2.45, 2.75) is 20.3 Å². The molecule has 20 heavy (non-hydrogen) atoms.